The Kier molecular flexibility index (Phi) is 6.84. The van der Waals surface area contributed by atoms with Gasteiger partial charge in [-0.05, 0) is 48.8 Å². The summed E-state index contributed by atoms with van der Waals surface area (Å²) >= 11 is 6.42. The van der Waals surface area contributed by atoms with Gasteiger partial charge in [-0.15, -0.1) is 0 Å². The number of carbonyl (C=O) groups is 2. The summed E-state index contributed by atoms with van der Waals surface area (Å²) in [6.45, 7) is 10.0. The van der Waals surface area contributed by atoms with E-state index in [-0.39, 0.29) is 22.0 Å². The summed E-state index contributed by atoms with van der Waals surface area (Å²) in [7, 11) is -7.86. The molecule has 1 N–H and O–H groups in total. The van der Waals surface area contributed by atoms with Gasteiger partial charge in [0.15, 0.2) is 10.5 Å². The summed E-state index contributed by atoms with van der Waals surface area (Å²) in [6, 6.07) is 3.23. The first-order valence-electron chi connectivity index (χ1n) is 12.0. The Labute approximate surface area is 217 Å². The molecule has 2 unspecified atom stereocenters. The number of hydrogen-bond donors (Lipinski definition) is 1. The number of sulfone groups is 1. The molecule has 3 aliphatic rings. The molecule has 0 spiro atoms. The van der Waals surface area contributed by atoms with Crippen LogP contribution in [-0.2, 0) is 29.4 Å². The number of rotatable bonds is 7. The number of aliphatic imine (C=N–C) groups is 1. The third-order valence-electron chi connectivity index (χ3n) is 6.70. The highest BCUT2D eigenvalue weighted by molar-refractivity contribution is 7.94. The predicted octanol–water partition coefficient (Wildman–Crippen LogP) is 3.50. The quantitative estimate of drug-likeness (QED) is 0.403. The van der Waals surface area contributed by atoms with Crippen LogP contribution in [0.3, 0.4) is 0 Å². The van der Waals surface area contributed by atoms with E-state index in [9.17, 15) is 26.4 Å². The molecule has 0 radical (unpaired) electrons. The fourth-order valence-electron chi connectivity index (χ4n) is 4.71. The second-order valence-electron chi connectivity index (χ2n) is 11.2. The van der Waals surface area contributed by atoms with Gasteiger partial charge in [0.25, 0.3) is 0 Å². The summed E-state index contributed by atoms with van der Waals surface area (Å²) in [5, 5.41) is -0.482. The summed E-state index contributed by atoms with van der Waals surface area (Å²) in [6.07, 6.45) is 1.81. The Hall–Kier alpha value is -1.98. The maximum Gasteiger partial charge on any atom is 0.239 e. The standard InChI is InChI=1S/C24H32ClN3O6S2/c1-13(2)10-11-28-21(24(3,4)5)20(29)18(23(28)30)19-22(25)35(31,32)17-12-14(6-9-16(17)26-19)27-36(33,34)15-7-8-15/h6,9,12-13,15,18,21-22,27H,7-8,10-11H2,1-5H3/t18?,21-,22?/m1/s1. The molecule has 12 heteroatoms. The van der Waals surface area contributed by atoms with Crippen LogP contribution in [0, 0.1) is 17.3 Å². The molecular formula is C24H32ClN3O6S2. The van der Waals surface area contributed by atoms with E-state index in [0.29, 0.717) is 31.7 Å². The van der Waals surface area contributed by atoms with Crippen LogP contribution < -0.4 is 4.72 Å². The van der Waals surface area contributed by atoms with Crippen LogP contribution in [0.5, 0.6) is 0 Å². The smallest absolute Gasteiger partial charge is 0.239 e. The molecule has 4 rings (SSSR count). The maximum absolute atomic E-state index is 13.6. The van der Waals surface area contributed by atoms with Crippen molar-refractivity contribution in [3.8, 4) is 0 Å². The van der Waals surface area contributed by atoms with Crippen LogP contribution in [-0.4, -0.2) is 61.7 Å². The lowest BCUT2D eigenvalue weighted by Gasteiger charge is -2.34. The van der Waals surface area contributed by atoms with Crippen molar-refractivity contribution in [1.82, 2.24) is 4.90 Å². The highest BCUT2D eigenvalue weighted by Crippen LogP contribution is 2.42. The highest BCUT2D eigenvalue weighted by Gasteiger charge is 2.56. The van der Waals surface area contributed by atoms with Gasteiger partial charge in [0.2, 0.25) is 25.8 Å². The highest BCUT2D eigenvalue weighted by atomic mass is 35.5. The number of amides is 1. The normalized spacial score (nSPS) is 26.2. The SMILES string of the molecule is CC(C)CCN1C(=O)C(C2=Nc3ccc(NS(=O)(=O)C4CC4)cc3S(=O)(=O)C2Cl)C(=O)[C@@H]1C(C)(C)C. The third kappa shape index (κ3) is 4.81. The lowest BCUT2D eigenvalue weighted by atomic mass is 9.82. The number of Topliss-reactive ketones (excluding diaryl/α,β-unsaturated/α-hetero) is 1. The van der Waals surface area contributed by atoms with E-state index in [1.165, 1.54) is 23.1 Å². The van der Waals surface area contributed by atoms with Crippen molar-refractivity contribution in [2.24, 2.45) is 22.2 Å². The molecule has 2 heterocycles. The van der Waals surface area contributed by atoms with E-state index >= 15 is 0 Å². The molecule has 2 fully saturated rings. The van der Waals surface area contributed by atoms with Crippen molar-refractivity contribution in [3.63, 3.8) is 0 Å². The molecule has 1 amide bonds. The van der Waals surface area contributed by atoms with E-state index in [0.717, 1.165) is 0 Å². The average Bonchev–Trinajstić information content (AvgIpc) is 3.57. The van der Waals surface area contributed by atoms with Crippen molar-refractivity contribution in [2.45, 2.75) is 74.8 Å². The number of nitrogens with zero attached hydrogens (tertiary/aromatic N) is 2. The molecular weight excluding hydrogens is 526 g/mol. The molecule has 3 atom stereocenters. The number of likely N-dealkylation sites (tertiary alicyclic amines) is 1. The zero-order valence-electron chi connectivity index (χ0n) is 21.0. The number of ketones is 1. The van der Waals surface area contributed by atoms with Crippen molar-refractivity contribution in [2.75, 3.05) is 11.3 Å². The van der Waals surface area contributed by atoms with Gasteiger partial charge >= 0.3 is 0 Å². The van der Waals surface area contributed by atoms with E-state index < -0.39 is 58.9 Å². The molecule has 36 heavy (non-hydrogen) atoms. The van der Waals surface area contributed by atoms with E-state index in [2.05, 4.69) is 9.71 Å². The van der Waals surface area contributed by atoms with Crippen LogP contribution in [0.1, 0.15) is 53.9 Å². The van der Waals surface area contributed by atoms with Gasteiger partial charge in [0.1, 0.15) is 5.92 Å². The van der Waals surface area contributed by atoms with Gasteiger partial charge in [0, 0.05) is 12.2 Å². The first kappa shape index (κ1) is 27.1. The van der Waals surface area contributed by atoms with Gasteiger partial charge in [0.05, 0.1) is 27.6 Å². The number of halogens is 1. The number of hydrogen-bond acceptors (Lipinski definition) is 7. The lowest BCUT2D eigenvalue weighted by molar-refractivity contribution is -0.131. The summed E-state index contributed by atoms with van der Waals surface area (Å²) < 4.78 is 52.1. The first-order chi connectivity index (χ1) is 16.6. The Morgan fingerprint density at radius 1 is 1.19 bits per heavy atom. The van der Waals surface area contributed by atoms with Crippen LogP contribution in [0.2, 0.25) is 0 Å². The molecule has 1 aliphatic carbocycles. The summed E-state index contributed by atoms with van der Waals surface area (Å²) in [5.74, 6) is -1.98. The molecule has 1 aromatic carbocycles. The zero-order valence-corrected chi connectivity index (χ0v) is 23.4. The molecule has 1 saturated heterocycles. The van der Waals surface area contributed by atoms with Crippen LogP contribution >= 0.6 is 11.6 Å². The van der Waals surface area contributed by atoms with Crippen LogP contribution in [0.15, 0.2) is 28.1 Å². The minimum Gasteiger partial charge on any atom is -0.331 e. The van der Waals surface area contributed by atoms with Crippen molar-refractivity contribution >= 4 is 60.2 Å². The topological polar surface area (TPSA) is 130 Å². The molecule has 9 nitrogen and oxygen atoms in total. The number of nitrogens with one attached hydrogen (secondary N) is 1. The monoisotopic (exact) mass is 557 g/mol. The van der Waals surface area contributed by atoms with Crippen LogP contribution in [0.4, 0.5) is 11.4 Å². The van der Waals surface area contributed by atoms with Crippen LogP contribution in [0.25, 0.3) is 0 Å². The largest absolute Gasteiger partial charge is 0.331 e. The fraction of sp³-hybridized carbons (Fsp3) is 0.625. The molecule has 1 saturated carbocycles. The van der Waals surface area contributed by atoms with Crippen molar-refractivity contribution in [1.29, 1.82) is 0 Å². The second-order valence-corrected chi connectivity index (χ2v) is 15.9. The van der Waals surface area contributed by atoms with E-state index in [1.807, 2.05) is 34.6 Å². The third-order valence-corrected chi connectivity index (χ3v) is 11.2. The van der Waals surface area contributed by atoms with Gasteiger partial charge in [-0.1, -0.05) is 46.2 Å². The maximum atomic E-state index is 13.6. The molecule has 1 aromatic rings. The Morgan fingerprint density at radius 2 is 1.83 bits per heavy atom. The summed E-state index contributed by atoms with van der Waals surface area (Å²) in [4.78, 5) is 32.8. The fourth-order valence-corrected chi connectivity index (χ4v) is 7.98. The van der Waals surface area contributed by atoms with Crippen molar-refractivity contribution < 1.29 is 26.4 Å². The Balaban J connectivity index is 1.74. The minimum absolute atomic E-state index is 0.0183. The van der Waals surface area contributed by atoms with Gasteiger partial charge in [-0.3, -0.25) is 19.3 Å². The number of sulfonamides is 1. The van der Waals surface area contributed by atoms with E-state index in [1.54, 1.807) is 0 Å². The molecule has 2 aliphatic heterocycles. The van der Waals surface area contributed by atoms with E-state index in [4.69, 9.17) is 11.6 Å². The predicted molar refractivity (Wildman–Crippen MR) is 139 cm³/mol. The Morgan fingerprint density at radius 3 is 2.39 bits per heavy atom. The number of alkyl halides is 1. The number of benzene rings is 1. The summed E-state index contributed by atoms with van der Waals surface area (Å²) in [5.41, 5.74) is -0.663. The van der Waals surface area contributed by atoms with Crippen molar-refractivity contribution in [3.05, 3.63) is 18.2 Å². The molecule has 198 valence electrons. The Bertz CT molecular complexity index is 1340. The lowest BCUT2D eigenvalue weighted by Crippen LogP contribution is -2.45. The first-order valence-corrected chi connectivity index (χ1v) is 15.5. The average molecular weight is 558 g/mol. The minimum atomic E-state index is -4.26. The number of carbonyl (C=O) groups excluding carboxylic acids is 2. The second kappa shape index (κ2) is 9.09. The van der Waals surface area contributed by atoms with Gasteiger partial charge in [-0.25, -0.2) is 16.8 Å². The molecule has 0 aromatic heterocycles. The number of anilines is 1. The van der Waals surface area contributed by atoms with Gasteiger partial charge in [-0.2, -0.15) is 0 Å². The molecule has 0 bridgehead atoms. The zero-order chi connectivity index (χ0) is 26.8. The van der Waals surface area contributed by atoms with Gasteiger partial charge < -0.3 is 4.90 Å². The number of fused-ring (bicyclic) bond motifs is 1.